The van der Waals surface area contributed by atoms with Crippen LogP contribution in [0.1, 0.15) is 56.6 Å². The van der Waals surface area contributed by atoms with E-state index in [1.807, 2.05) is 31.2 Å². The van der Waals surface area contributed by atoms with Crippen LogP contribution in [0.5, 0.6) is 5.75 Å². The summed E-state index contributed by atoms with van der Waals surface area (Å²) in [6.07, 6.45) is 4.80. The van der Waals surface area contributed by atoms with Gasteiger partial charge in [0.15, 0.2) is 0 Å². The summed E-state index contributed by atoms with van der Waals surface area (Å²) in [4.78, 5) is 10.7. The third kappa shape index (κ3) is 5.69. The Bertz CT molecular complexity index is 825. The van der Waals surface area contributed by atoms with E-state index in [0.29, 0.717) is 25.7 Å². The van der Waals surface area contributed by atoms with Gasteiger partial charge in [-0.15, -0.1) is 11.8 Å². The minimum Gasteiger partial charge on any atom is -0.550 e. The number of fused-ring (bicyclic) bond motifs is 3. The van der Waals surface area contributed by atoms with E-state index in [4.69, 9.17) is 4.74 Å². The number of benzene rings is 1. The van der Waals surface area contributed by atoms with Crippen LogP contribution in [0.4, 0.5) is 0 Å². The molecule has 0 bridgehead atoms. The SMILES string of the molecule is CC#CC[C@@H](C)[C@@H](O)/C=C/[C@H]1[C@@H]2c3cccc(CCCC(=O)[O-])c3O[C@@H]2C[C@@H]1O.[Na+]. The first kappa shape index (κ1) is 25.0. The van der Waals surface area contributed by atoms with Crippen molar-refractivity contribution in [2.24, 2.45) is 11.8 Å². The monoisotopic (exact) mass is 420 g/mol. The number of ether oxygens (including phenoxy) is 1. The largest absolute Gasteiger partial charge is 1.00 e. The van der Waals surface area contributed by atoms with E-state index >= 15 is 0 Å². The van der Waals surface area contributed by atoms with E-state index in [9.17, 15) is 20.1 Å². The van der Waals surface area contributed by atoms with Crippen LogP contribution in [0.2, 0.25) is 0 Å². The van der Waals surface area contributed by atoms with Gasteiger partial charge in [0.1, 0.15) is 11.9 Å². The van der Waals surface area contributed by atoms with Gasteiger partial charge in [-0.1, -0.05) is 37.3 Å². The number of rotatable bonds is 8. The van der Waals surface area contributed by atoms with Crippen LogP contribution < -0.4 is 39.4 Å². The van der Waals surface area contributed by atoms with Crippen molar-refractivity contribution in [3.8, 4) is 17.6 Å². The predicted molar refractivity (Wildman–Crippen MR) is 108 cm³/mol. The zero-order valence-electron chi connectivity index (χ0n) is 18.0. The molecule has 6 atom stereocenters. The summed E-state index contributed by atoms with van der Waals surface area (Å²) in [5.74, 6) is 5.56. The van der Waals surface area contributed by atoms with Gasteiger partial charge in [-0.05, 0) is 37.7 Å². The predicted octanol–water partition coefficient (Wildman–Crippen LogP) is -1.04. The Balaban J connectivity index is 0.00000320. The molecule has 0 saturated heterocycles. The molecule has 1 heterocycles. The average Bonchev–Trinajstić information content (AvgIpc) is 3.19. The first-order valence-corrected chi connectivity index (χ1v) is 10.3. The Labute approximate surface area is 200 Å². The van der Waals surface area contributed by atoms with Gasteiger partial charge in [0.25, 0.3) is 0 Å². The number of hydrogen-bond acceptors (Lipinski definition) is 5. The minimum absolute atomic E-state index is 0. The van der Waals surface area contributed by atoms with Gasteiger partial charge in [0.2, 0.25) is 0 Å². The summed E-state index contributed by atoms with van der Waals surface area (Å²) in [6, 6.07) is 5.96. The number of carbonyl (C=O) groups excluding carboxylic acids is 1. The van der Waals surface area contributed by atoms with Crippen LogP contribution in [0.25, 0.3) is 0 Å². The van der Waals surface area contributed by atoms with E-state index < -0.39 is 18.2 Å². The van der Waals surface area contributed by atoms with Crippen molar-refractivity contribution in [3.05, 3.63) is 41.5 Å². The molecule has 3 rings (SSSR count). The molecule has 1 saturated carbocycles. The third-order valence-electron chi connectivity index (χ3n) is 6.03. The summed E-state index contributed by atoms with van der Waals surface area (Å²) in [5.41, 5.74) is 2.06. The number of aliphatic hydroxyl groups is 2. The van der Waals surface area contributed by atoms with E-state index in [0.717, 1.165) is 16.9 Å². The number of carboxylic acid groups (broad SMARTS) is 1. The Morgan fingerprint density at radius 2 is 2.20 bits per heavy atom. The normalized spacial score (nSPS) is 26.0. The molecule has 0 spiro atoms. The molecule has 0 amide bonds. The quantitative estimate of drug-likeness (QED) is 0.319. The average molecular weight is 420 g/mol. The van der Waals surface area contributed by atoms with Crippen molar-refractivity contribution >= 4 is 5.97 Å². The molecule has 5 nitrogen and oxygen atoms in total. The van der Waals surface area contributed by atoms with Crippen LogP contribution in [0, 0.1) is 23.7 Å². The molecule has 1 fully saturated rings. The van der Waals surface area contributed by atoms with Gasteiger partial charge in [-0.3, -0.25) is 0 Å². The zero-order valence-corrected chi connectivity index (χ0v) is 20.0. The van der Waals surface area contributed by atoms with E-state index in [1.54, 1.807) is 13.0 Å². The Morgan fingerprint density at radius 3 is 2.90 bits per heavy atom. The fourth-order valence-electron chi connectivity index (χ4n) is 4.40. The van der Waals surface area contributed by atoms with E-state index in [2.05, 4.69) is 11.8 Å². The third-order valence-corrected chi connectivity index (χ3v) is 6.03. The molecule has 6 heteroatoms. The number of aliphatic hydroxyl groups excluding tert-OH is 2. The van der Waals surface area contributed by atoms with Gasteiger partial charge in [0, 0.05) is 36.2 Å². The maximum Gasteiger partial charge on any atom is 1.00 e. The zero-order chi connectivity index (χ0) is 21.0. The smallest absolute Gasteiger partial charge is 0.550 e. The second-order valence-corrected chi connectivity index (χ2v) is 8.11. The molecule has 0 aromatic heterocycles. The van der Waals surface area contributed by atoms with Crippen LogP contribution in [0.15, 0.2) is 30.4 Å². The van der Waals surface area contributed by atoms with Gasteiger partial charge in [0.05, 0.1) is 12.2 Å². The van der Waals surface area contributed by atoms with E-state index in [1.165, 1.54) is 0 Å². The van der Waals surface area contributed by atoms with Crippen LogP contribution in [-0.4, -0.2) is 34.5 Å². The van der Waals surface area contributed by atoms with E-state index in [-0.39, 0.29) is 59.8 Å². The van der Waals surface area contributed by atoms with Gasteiger partial charge in [-0.2, -0.15) is 0 Å². The number of hydrogen-bond donors (Lipinski definition) is 2. The van der Waals surface area contributed by atoms with Gasteiger partial charge in [-0.25, -0.2) is 0 Å². The number of carbonyl (C=O) groups is 1. The number of carboxylic acids is 1. The number of para-hydroxylation sites is 1. The van der Waals surface area contributed by atoms with Gasteiger partial charge < -0.3 is 24.9 Å². The number of aliphatic carboxylic acids is 1. The Kier molecular flexibility index (Phi) is 9.46. The van der Waals surface area contributed by atoms with Crippen molar-refractivity contribution < 1.29 is 54.4 Å². The maximum absolute atomic E-state index is 10.7. The topological polar surface area (TPSA) is 89.8 Å². The van der Waals surface area contributed by atoms with Crippen LogP contribution in [0.3, 0.4) is 0 Å². The van der Waals surface area contributed by atoms with Crippen LogP contribution in [-0.2, 0) is 11.2 Å². The van der Waals surface area contributed by atoms with Crippen molar-refractivity contribution in [2.45, 2.75) is 70.2 Å². The Hall–Kier alpha value is -1.29. The molecule has 0 radical (unpaired) electrons. The summed E-state index contributed by atoms with van der Waals surface area (Å²) in [7, 11) is 0. The molecular weight excluding hydrogens is 391 g/mol. The molecule has 2 N–H and O–H groups in total. The summed E-state index contributed by atoms with van der Waals surface area (Å²) >= 11 is 0. The van der Waals surface area contributed by atoms with Crippen molar-refractivity contribution in [1.82, 2.24) is 0 Å². The minimum atomic E-state index is -1.04. The fraction of sp³-hybridized carbons (Fsp3) is 0.542. The second-order valence-electron chi connectivity index (χ2n) is 8.11. The second kappa shape index (κ2) is 11.4. The van der Waals surface area contributed by atoms with Crippen molar-refractivity contribution in [3.63, 3.8) is 0 Å². The Morgan fingerprint density at radius 1 is 1.43 bits per heavy atom. The first-order chi connectivity index (χ1) is 13.9. The van der Waals surface area contributed by atoms with Crippen molar-refractivity contribution in [2.75, 3.05) is 0 Å². The summed E-state index contributed by atoms with van der Waals surface area (Å²) in [5, 5.41) is 31.7. The molecule has 30 heavy (non-hydrogen) atoms. The molecule has 1 aromatic rings. The standard InChI is InChI=1S/C24H30O5.Na/c1-3-4-7-15(2)19(25)13-12-17-20(26)14-21-23(17)18-10-5-8-16(24(18)29-21)9-6-11-22(27)28;/h5,8,10,12-13,15,17,19-21,23,25-26H,6-7,9,11,14H2,1-2H3,(H,27,28);/q;+1/p-1/b13-12+;/t15-,17-,19+,20+,21-,23-;/m1./s1. The first-order valence-electron chi connectivity index (χ1n) is 10.3. The summed E-state index contributed by atoms with van der Waals surface area (Å²) < 4.78 is 6.19. The molecular formula is C24H29NaO5. The molecule has 1 aromatic carbocycles. The molecule has 1 aliphatic carbocycles. The fourth-order valence-corrected chi connectivity index (χ4v) is 4.40. The van der Waals surface area contributed by atoms with Crippen LogP contribution >= 0.6 is 0 Å². The van der Waals surface area contributed by atoms with Crippen molar-refractivity contribution in [1.29, 1.82) is 0 Å². The molecule has 156 valence electrons. The molecule has 2 aliphatic rings. The summed E-state index contributed by atoms with van der Waals surface area (Å²) in [6.45, 7) is 3.74. The molecule has 1 aliphatic heterocycles. The maximum atomic E-state index is 10.7. The number of aryl methyl sites for hydroxylation is 1. The van der Waals surface area contributed by atoms with Gasteiger partial charge >= 0.3 is 29.6 Å². The molecule has 0 unspecified atom stereocenters.